The van der Waals surface area contributed by atoms with Crippen LogP contribution in [0.25, 0.3) is 0 Å². The Balaban J connectivity index is 0.000000244. The Morgan fingerprint density at radius 1 is 1.31 bits per heavy atom. The Bertz CT molecular complexity index is 927. The zero-order valence-electron chi connectivity index (χ0n) is 18.1. The number of alkyl halides is 3. The van der Waals surface area contributed by atoms with Crippen molar-refractivity contribution in [2.24, 2.45) is 5.14 Å². The number of anilines is 1. The Hall–Kier alpha value is -2.60. The summed E-state index contributed by atoms with van der Waals surface area (Å²) >= 11 is 0. The van der Waals surface area contributed by atoms with E-state index in [1.54, 1.807) is 38.4 Å². The lowest BCUT2D eigenvalue weighted by Gasteiger charge is -2.31. The largest absolute Gasteiger partial charge is 0.471 e. The number of aromatic nitrogens is 3. The van der Waals surface area contributed by atoms with Gasteiger partial charge in [-0.25, -0.2) is 24.3 Å². The van der Waals surface area contributed by atoms with Crippen molar-refractivity contribution in [3.8, 4) is 0 Å². The molecule has 3 rings (SSSR count). The number of likely N-dealkylation sites (tertiary alicyclic amines) is 1. The van der Waals surface area contributed by atoms with Crippen LogP contribution < -0.4 is 10.5 Å². The number of rotatable bonds is 5. The minimum absolute atomic E-state index is 0.0511. The highest BCUT2D eigenvalue weighted by molar-refractivity contribution is 7.82. The first-order chi connectivity index (χ1) is 15.0. The molecule has 1 fully saturated rings. The SMILES string of the molecule is CC1(C)CCCN1C(=O)C(F)(F)F.CCC(Nc1cccc(S(N)=O)n1)c1cncnc1. The van der Waals surface area contributed by atoms with Crippen LogP contribution in [0.1, 0.15) is 51.6 Å². The summed E-state index contributed by atoms with van der Waals surface area (Å²) in [4.78, 5) is 24.0. The second kappa shape index (κ2) is 10.8. The Kier molecular flexibility index (Phi) is 8.67. The molecule has 0 radical (unpaired) electrons. The molecule has 8 nitrogen and oxygen atoms in total. The molecule has 3 heterocycles. The first kappa shape index (κ1) is 25.7. The number of pyridine rings is 1. The van der Waals surface area contributed by atoms with Gasteiger partial charge in [-0.3, -0.25) is 4.79 Å². The molecule has 0 aliphatic carbocycles. The maximum atomic E-state index is 12.1. The van der Waals surface area contributed by atoms with Crippen LogP contribution in [0.2, 0.25) is 0 Å². The van der Waals surface area contributed by atoms with E-state index in [0.717, 1.165) is 16.9 Å². The molecule has 1 aliphatic heterocycles. The van der Waals surface area contributed by atoms with Crippen molar-refractivity contribution in [3.05, 3.63) is 42.5 Å². The molecule has 32 heavy (non-hydrogen) atoms. The maximum Gasteiger partial charge on any atom is 0.471 e. The van der Waals surface area contributed by atoms with Crippen LogP contribution in [0.5, 0.6) is 0 Å². The maximum absolute atomic E-state index is 12.1. The first-order valence-electron chi connectivity index (χ1n) is 9.99. The van der Waals surface area contributed by atoms with Crippen LogP contribution in [0.3, 0.4) is 0 Å². The van der Waals surface area contributed by atoms with Crippen LogP contribution in [0, 0.1) is 0 Å². The highest BCUT2D eigenvalue weighted by atomic mass is 32.2. The van der Waals surface area contributed by atoms with Gasteiger partial charge >= 0.3 is 12.1 Å². The second-order valence-electron chi connectivity index (χ2n) is 7.81. The van der Waals surface area contributed by atoms with E-state index in [2.05, 4.69) is 27.2 Å². The van der Waals surface area contributed by atoms with Gasteiger partial charge < -0.3 is 10.2 Å². The molecule has 12 heteroatoms. The zero-order valence-corrected chi connectivity index (χ0v) is 18.9. The third-order valence-corrected chi connectivity index (χ3v) is 5.67. The molecular weight excluding hydrogens is 445 g/mol. The van der Waals surface area contributed by atoms with Crippen LogP contribution in [-0.2, 0) is 15.8 Å². The first-order valence-corrected chi connectivity index (χ1v) is 11.2. The van der Waals surface area contributed by atoms with Crippen molar-refractivity contribution < 1.29 is 22.2 Å². The number of nitrogens with two attached hydrogens (primary N) is 1. The highest BCUT2D eigenvalue weighted by Crippen LogP contribution is 2.32. The minimum atomic E-state index is -4.73. The smallest absolute Gasteiger partial charge is 0.363 e. The average molecular weight is 473 g/mol. The number of halogens is 3. The summed E-state index contributed by atoms with van der Waals surface area (Å²) in [7, 11) is -1.58. The molecule has 2 unspecified atom stereocenters. The van der Waals surface area contributed by atoms with Gasteiger partial charge in [-0.1, -0.05) is 13.0 Å². The number of hydrogen-bond acceptors (Lipinski definition) is 6. The molecule has 2 atom stereocenters. The molecular formula is C20H27F3N6O2S. The molecule has 2 aromatic rings. The summed E-state index contributed by atoms with van der Waals surface area (Å²) in [6, 6.07) is 5.26. The average Bonchev–Trinajstić information content (AvgIpc) is 3.10. The van der Waals surface area contributed by atoms with Gasteiger partial charge in [0.05, 0.1) is 6.04 Å². The lowest BCUT2D eigenvalue weighted by Crippen LogP contribution is -2.48. The molecule has 3 N–H and O–H groups in total. The standard InChI is InChI=1S/C12H15N5OS.C8H12F3NO/c1-2-10(9-6-14-8-15-7-9)16-11-4-3-5-12(17-11)19(13)18;1-7(2)4-3-5-12(7)6(13)8(9,10)11/h3-8,10H,2,13H2,1H3,(H,16,17);3-5H2,1-2H3. The van der Waals surface area contributed by atoms with Gasteiger partial charge in [-0.2, -0.15) is 13.2 Å². The van der Waals surface area contributed by atoms with E-state index in [1.807, 2.05) is 6.07 Å². The number of nitrogens with one attached hydrogen (secondary N) is 1. The zero-order chi connectivity index (χ0) is 23.9. The predicted molar refractivity (Wildman–Crippen MR) is 115 cm³/mol. The highest BCUT2D eigenvalue weighted by Gasteiger charge is 2.48. The lowest BCUT2D eigenvalue weighted by atomic mass is 10.0. The summed E-state index contributed by atoms with van der Waals surface area (Å²) in [5.74, 6) is -1.08. The number of carbonyl (C=O) groups is 1. The fraction of sp³-hybridized carbons (Fsp3) is 0.500. The van der Waals surface area contributed by atoms with Crippen molar-refractivity contribution >= 4 is 22.7 Å². The van der Waals surface area contributed by atoms with Crippen molar-refractivity contribution in [2.45, 2.75) is 62.8 Å². The van der Waals surface area contributed by atoms with Gasteiger partial charge in [0.15, 0.2) is 0 Å². The third kappa shape index (κ3) is 6.95. The Morgan fingerprint density at radius 3 is 2.47 bits per heavy atom. The Labute approximate surface area is 187 Å². The van der Waals surface area contributed by atoms with E-state index in [4.69, 9.17) is 5.14 Å². The van der Waals surface area contributed by atoms with Gasteiger partial charge in [-0.05, 0) is 45.2 Å². The number of nitrogens with zero attached hydrogens (tertiary/aromatic N) is 4. The molecule has 0 saturated carbocycles. The third-order valence-electron chi connectivity index (χ3n) is 5.03. The van der Waals surface area contributed by atoms with E-state index in [0.29, 0.717) is 23.7 Å². The number of hydrogen-bond donors (Lipinski definition) is 2. The lowest BCUT2D eigenvalue weighted by molar-refractivity contribution is -0.188. The van der Waals surface area contributed by atoms with E-state index in [9.17, 15) is 22.2 Å². The van der Waals surface area contributed by atoms with Gasteiger partial charge in [0, 0.05) is 30.0 Å². The molecule has 1 aliphatic rings. The molecule has 0 spiro atoms. The van der Waals surface area contributed by atoms with Gasteiger partial charge in [0.25, 0.3) is 0 Å². The predicted octanol–water partition coefficient (Wildman–Crippen LogP) is 3.37. The van der Waals surface area contributed by atoms with Crippen LogP contribution in [0.15, 0.2) is 41.9 Å². The van der Waals surface area contributed by atoms with E-state index < -0.39 is 28.6 Å². The summed E-state index contributed by atoms with van der Waals surface area (Å²) < 4.78 is 47.4. The summed E-state index contributed by atoms with van der Waals surface area (Å²) in [5, 5.41) is 8.93. The molecule has 1 amide bonds. The molecule has 1 saturated heterocycles. The molecule has 0 aromatic carbocycles. The fourth-order valence-electron chi connectivity index (χ4n) is 3.33. The minimum Gasteiger partial charge on any atom is -0.363 e. The van der Waals surface area contributed by atoms with E-state index in [1.165, 1.54) is 6.33 Å². The summed E-state index contributed by atoms with van der Waals surface area (Å²) in [5.41, 5.74) is 0.332. The van der Waals surface area contributed by atoms with Crippen molar-refractivity contribution in [2.75, 3.05) is 11.9 Å². The van der Waals surface area contributed by atoms with E-state index in [-0.39, 0.29) is 12.6 Å². The van der Waals surface area contributed by atoms with Crippen LogP contribution in [-0.4, -0.2) is 48.2 Å². The normalized spacial score (nSPS) is 17.2. The molecule has 0 bridgehead atoms. The molecule has 2 aromatic heterocycles. The second-order valence-corrected chi connectivity index (χ2v) is 8.82. The van der Waals surface area contributed by atoms with Crippen molar-refractivity contribution in [1.82, 2.24) is 19.9 Å². The topological polar surface area (TPSA) is 114 Å². The quantitative estimate of drug-likeness (QED) is 0.690. The van der Waals surface area contributed by atoms with Crippen molar-refractivity contribution in [3.63, 3.8) is 0 Å². The number of amides is 1. The summed E-state index contributed by atoms with van der Waals surface area (Å²) in [6.07, 6.45) is 2.42. The van der Waals surface area contributed by atoms with Crippen molar-refractivity contribution in [1.29, 1.82) is 0 Å². The Morgan fingerprint density at radius 2 is 1.97 bits per heavy atom. The fourth-order valence-corrected chi connectivity index (χ4v) is 3.74. The summed E-state index contributed by atoms with van der Waals surface area (Å²) in [6.45, 7) is 5.58. The van der Waals surface area contributed by atoms with E-state index >= 15 is 0 Å². The van der Waals surface area contributed by atoms with Gasteiger partial charge in [0.2, 0.25) is 0 Å². The van der Waals surface area contributed by atoms with Gasteiger partial charge in [0.1, 0.15) is 28.2 Å². The molecule has 176 valence electrons. The van der Waals surface area contributed by atoms with Gasteiger partial charge in [-0.15, -0.1) is 0 Å². The monoisotopic (exact) mass is 472 g/mol. The van der Waals surface area contributed by atoms with Crippen LogP contribution in [0.4, 0.5) is 19.0 Å². The number of carbonyl (C=O) groups excluding carboxylic acids is 1. The van der Waals surface area contributed by atoms with Crippen LogP contribution >= 0.6 is 0 Å².